The van der Waals surface area contributed by atoms with Gasteiger partial charge in [-0.2, -0.15) is 5.10 Å². The summed E-state index contributed by atoms with van der Waals surface area (Å²) in [5, 5.41) is 14.2. The van der Waals surface area contributed by atoms with Crippen molar-refractivity contribution in [1.29, 1.82) is 0 Å². The summed E-state index contributed by atoms with van der Waals surface area (Å²) in [6.07, 6.45) is 4.61. The molecule has 0 radical (unpaired) electrons. The van der Waals surface area contributed by atoms with E-state index in [0.717, 1.165) is 43.7 Å². The summed E-state index contributed by atoms with van der Waals surface area (Å²) < 4.78 is 7.12. The lowest BCUT2D eigenvalue weighted by Crippen LogP contribution is -2.52. The second kappa shape index (κ2) is 6.88. The average Bonchev–Trinajstić information content (AvgIpc) is 3.41. The first-order valence-electron chi connectivity index (χ1n) is 10.1. The van der Waals surface area contributed by atoms with Crippen LogP contribution >= 0.6 is 0 Å². The molecule has 29 heavy (non-hydrogen) atoms. The third-order valence-electron chi connectivity index (χ3n) is 5.93. The number of carbonyl (C=O) groups excluding carboxylic acids is 1. The minimum Gasteiger partial charge on any atom is -0.465 e. The Kier molecular flexibility index (Phi) is 4.31. The summed E-state index contributed by atoms with van der Waals surface area (Å²) in [6, 6.07) is 5.48. The van der Waals surface area contributed by atoms with Gasteiger partial charge < -0.3 is 14.7 Å². The number of carbonyl (C=O) groups is 2. The second-order valence-electron chi connectivity index (χ2n) is 8.28. The van der Waals surface area contributed by atoms with Crippen LogP contribution in [0.2, 0.25) is 0 Å². The SMILES string of the molecule is C[C@H]1CN(C(=O)O)c2cc(-c3cnn(CC4COC4)c3)ccc2N1C(=O)C1CC1. The maximum Gasteiger partial charge on any atom is 0.411 e. The third kappa shape index (κ3) is 3.27. The molecule has 2 fully saturated rings. The van der Waals surface area contributed by atoms with Gasteiger partial charge in [0.05, 0.1) is 36.8 Å². The number of rotatable bonds is 4. The van der Waals surface area contributed by atoms with E-state index in [1.54, 1.807) is 11.1 Å². The van der Waals surface area contributed by atoms with Crippen molar-refractivity contribution in [3.63, 3.8) is 0 Å². The summed E-state index contributed by atoms with van der Waals surface area (Å²) in [4.78, 5) is 27.9. The van der Waals surface area contributed by atoms with Crippen molar-refractivity contribution < 1.29 is 19.4 Å². The maximum atomic E-state index is 12.8. The number of amides is 2. The Morgan fingerprint density at radius 2 is 2.00 bits per heavy atom. The second-order valence-corrected chi connectivity index (χ2v) is 8.28. The Labute approximate surface area is 168 Å². The highest BCUT2D eigenvalue weighted by molar-refractivity contribution is 6.04. The van der Waals surface area contributed by atoms with Gasteiger partial charge in [0, 0.05) is 36.7 Å². The summed E-state index contributed by atoms with van der Waals surface area (Å²) in [6.45, 7) is 4.52. The monoisotopic (exact) mass is 396 g/mol. The molecule has 1 aromatic carbocycles. The van der Waals surface area contributed by atoms with E-state index in [-0.39, 0.29) is 24.4 Å². The number of benzene rings is 1. The van der Waals surface area contributed by atoms with Crippen LogP contribution in [0.1, 0.15) is 19.8 Å². The van der Waals surface area contributed by atoms with E-state index in [9.17, 15) is 14.7 Å². The molecule has 1 aliphatic carbocycles. The number of fused-ring (bicyclic) bond motifs is 1. The van der Waals surface area contributed by atoms with E-state index in [1.165, 1.54) is 4.90 Å². The van der Waals surface area contributed by atoms with Crippen molar-refractivity contribution in [3.8, 4) is 11.1 Å². The summed E-state index contributed by atoms with van der Waals surface area (Å²) in [7, 11) is 0. The first kappa shape index (κ1) is 18.2. The smallest absolute Gasteiger partial charge is 0.411 e. The van der Waals surface area contributed by atoms with Crippen LogP contribution in [0.4, 0.5) is 16.2 Å². The van der Waals surface area contributed by atoms with Gasteiger partial charge in [0.1, 0.15) is 0 Å². The predicted molar refractivity (Wildman–Crippen MR) is 107 cm³/mol. The van der Waals surface area contributed by atoms with Crippen LogP contribution in [-0.2, 0) is 16.1 Å². The van der Waals surface area contributed by atoms with E-state index in [2.05, 4.69) is 5.10 Å². The number of anilines is 2. The van der Waals surface area contributed by atoms with E-state index in [4.69, 9.17) is 4.74 Å². The molecular weight excluding hydrogens is 372 g/mol. The molecular formula is C21H24N4O4. The lowest BCUT2D eigenvalue weighted by atomic mass is 10.0. The van der Waals surface area contributed by atoms with Gasteiger partial charge in [-0.05, 0) is 37.5 Å². The van der Waals surface area contributed by atoms with Crippen molar-refractivity contribution in [2.24, 2.45) is 11.8 Å². The van der Waals surface area contributed by atoms with Gasteiger partial charge in [-0.25, -0.2) is 4.79 Å². The van der Waals surface area contributed by atoms with Gasteiger partial charge in [-0.3, -0.25) is 14.4 Å². The van der Waals surface area contributed by atoms with Crippen LogP contribution < -0.4 is 9.80 Å². The van der Waals surface area contributed by atoms with E-state index in [1.807, 2.05) is 36.0 Å². The van der Waals surface area contributed by atoms with Gasteiger partial charge in [-0.1, -0.05) is 6.07 Å². The lowest BCUT2D eigenvalue weighted by Gasteiger charge is -2.40. The Hall–Kier alpha value is -2.87. The minimum atomic E-state index is -1.01. The molecule has 2 aliphatic heterocycles. The van der Waals surface area contributed by atoms with E-state index in [0.29, 0.717) is 17.3 Å². The predicted octanol–water partition coefficient (Wildman–Crippen LogP) is 2.83. The molecule has 3 heterocycles. The fraction of sp³-hybridized carbons (Fsp3) is 0.476. The molecule has 8 heteroatoms. The van der Waals surface area contributed by atoms with Crippen LogP contribution in [0.5, 0.6) is 0 Å². The van der Waals surface area contributed by atoms with Crippen molar-refractivity contribution in [1.82, 2.24) is 9.78 Å². The summed E-state index contributed by atoms with van der Waals surface area (Å²) in [5.41, 5.74) is 3.05. The maximum absolute atomic E-state index is 12.8. The van der Waals surface area contributed by atoms with Gasteiger partial charge >= 0.3 is 6.09 Å². The topological polar surface area (TPSA) is 87.9 Å². The van der Waals surface area contributed by atoms with Crippen molar-refractivity contribution >= 4 is 23.4 Å². The molecule has 1 saturated carbocycles. The Morgan fingerprint density at radius 3 is 2.66 bits per heavy atom. The molecule has 3 aliphatic rings. The van der Waals surface area contributed by atoms with Crippen LogP contribution in [0.15, 0.2) is 30.6 Å². The average molecular weight is 396 g/mol. The molecule has 8 nitrogen and oxygen atoms in total. The Morgan fingerprint density at radius 1 is 1.21 bits per heavy atom. The van der Waals surface area contributed by atoms with Crippen LogP contribution in [0.3, 0.4) is 0 Å². The highest BCUT2D eigenvalue weighted by Gasteiger charge is 2.41. The molecule has 5 rings (SSSR count). The number of nitrogens with zero attached hydrogens (tertiary/aromatic N) is 4. The molecule has 152 valence electrons. The van der Waals surface area contributed by atoms with Gasteiger partial charge in [0.25, 0.3) is 0 Å². The molecule has 1 atom stereocenters. The minimum absolute atomic E-state index is 0.0788. The number of ether oxygens (including phenoxy) is 1. The summed E-state index contributed by atoms with van der Waals surface area (Å²) >= 11 is 0. The van der Waals surface area contributed by atoms with E-state index >= 15 is 0 Å². The van der Waals surface area contributed by atoms with Gasteiger partial charge in [0.2, 0.25) is 5.91 Å². The fourth-order valence-electron chi connectivity index (χ4n) is 4.12. The van der Waals surface area contributed by atoms with Crippen molar-refractivity contribution in [3.05, 3.63) is 30.6 Å². The molecule has 0 bridgehead atoms. The third-order valence-corrected chi connectivity index (χ3v) is 5.93. The van der Waals surface area contributed by atoms with Crippen LogP contribution in [-0.4, -0.2) is 52.7 Å². The number of carboxylic acid groups (broad SMARTS) is 1. The molecule has 1 aromatic heterocycles. The van der Waals surface area contributed by atoms with Crippen molar-refractivity contribution in [2.75, 3.05) is 29.6 Å². The molecule has 1 saturated heterocycles. The molecule has 2 amide bonds. The first-order chi connectivity index (χ1) is 14.0. The zero-order chi connectivity index (χ0) is 20.1. The lowest BCUT2D eigenvalue weighted by molar-refractivity contribution is -0.120. The number of hydrogen-bond donors (Lipinski definition) is 1. The Balaban J connectivity index is 1.49. The van der Waals surface area contributed by atoms with Crippen LogP contribution in [0, 0.1) is 11.8 Å². The van der Waals surface area contributed by atoms with Gasteiger partial charge in [-0.15, -0.1) is 0 Å². The molecule has 0 spiro atoms. The zero-order valence-electron chi connectivity index (χ0n) is 16.3. The van der Waals surface area contributed by atoms with Crippen molar-refractivity contribution in [2.45, 2.75) is 32.4 Å². The normalized spacial score (nSPS) is 21.6. The van der Waals surface area contributed by atoms with E-state index < -0.39 is 6.09 Å². The zero-order valence-corrected chi connectivity index (χ0v) is 16.3. The highest BCUT2D eigenvalue weighted by Crippen LogP contribution is 2.42. The highest BCUT2D eigenvalue weighted by atomic mass is 16.5. The standard InChI is InChI=1S/C21H24N4O4/c1-13-8-24(21(27)28)19-6-16(4-5-18(19)25(13)20(26)15-2-3-15)17-7-22-23(10-17)9-14-11-29-12-14/h4-7,10,13-15H,2-3,8-9,11-12H2,1H3,(H,27,28)/t13-/m0/s1. The molecule has 2 aromatic rings. The summed E-state index contributed by atoms with van der Waals surface area (Å²) in [5.74, 6) is 0.680. The number of hydrogen-bond acceptors (Lipinski definition) is 4. The molecule has 1 N–H and O–H groups in total. The number of aromatic nitrogens is 2. The largest absolute Gasteiger partial charge is 0.465 e. The fourth-order valence-corrected chi connectivity index (χ4v) is 4.12. The first-order valence-corrected chi connectivity index (χ1v) is 10.1. The van der Waals surface area contributed by atoms with Gasteiger partial charge in [0.15, 0.2) is 0 Å². The quantitative estimate of drug-likeness (QED) is 0.859. The molecule has 0 unspecified atom stereocenters. The Bertz CT molecular complexity index is 963. The van der Waals surface area contributed by atoms with Crippen LogP contribution in [0.25, 0.3) is 11.1 Å².